The monoisotopic (exact) mass is 562 g/mol. The zero-order chi connectivity index (χ0) is 29.6. The molecule has 2 aromatic carbocycles. The van der Waals surface area contributed by atoms with Crippen LogP contribution in [0, 0.1) is 0 Å². The fourth-order valence-electron chi connectivity index (χ4n) is 5.68. The van der Waals surface area contributed by atoms with E-state index in [-0.39, 0.29) is 42.9 Å². The van der Waals surface area contributed by atoms with Gasteiger partial charge in [0.1, 0.15) is 11.6 Å². The van der Waals surface area contributed by atoms with Crippen LogP contribution in [0.25, 0.3) is 0 Å². The van der Waals surface area contributed by atoms with Crippen molar-refractivity contribution in [3.8, 4) is 0 Å². The lowest BCUT2D eigenvalue weighted by Gasteiger charge is -2.44. The molecule has 0 bridgehead atoms. The molecule has 1 unspecified atom stereocenters. The van der Waals surface area contributed by atoms with Crippen LogP contribution in [0.1, 0.15) is 57.2 Å². The van der Waals surface area contributed by atoms with Crippen LogP contribution >= 0.6 is 0 Å². The average Bonchev–Trinajstić information content (AvgIpc) is 3.40. The normalized spacial score (nSPS) is 21.6. The molecule has 220 valence electrons. The summed E-state index contributed by atoms with van der Waals surface area (Å²) >= 11 is 0. The molecule has 0 spiro atoms. The van der Waals surface area contributed by atoms with Crippen molar-refractivity contribution >= 4 is 23.8 Å². The molecule has 4 N–H and O–H groups in total. The number of likely N-dealkylation sites (N-methyl/N-ethyl adjacent to an activating group) is 1. The van der Waals surface area contributed by atoms with Gasteiger partial charge in [-0.2, -0.15) is 0 Å². The van der Waals surface area contributed by atoms with Gasteiger partial charge in [-0.3, -0.25) is 14.4 Å². The van der Waals surface area contributed by atoms with Gasteiger partial charge in [0.25, 0.3) is 0 Å². The molecule has 10 nitrogen and oxygen atoms in total. The Morgan fingerprint density at radius 1 is 0.878 bits per heavy atom. The number of hydrogen-bond acceptors (Lipinski definition) is 5. The van der Waals surface area contributed by atoms with Crippen molar-refractivity contribution in [2.45, 2.75) is 69.7 Å². The summed E-state index contributed by atoms with van der Waals surface area (Å²) in [6, 6.07) is 17.1. The SMILES string of the molecule is CN[C@H](C)C(=O)NC1CN(C(=O)NC(C)C)CC[C@]2(C(=O)NC(c3ccccc3)c3ccccc3)CCCN2C1=O. The van der Waals surface area contributed by atoms with E-state index in [1.165, 1.54) is 0 Å². The zero-order valence-electron chi connectivity index (χ0n) is 24.4. The van der Waals surface area contributed by atoms with Crippen molar-refractivity contribution in [3.63, 3.8) is 0 Å². The van der Waals surface area contributed by atoms with Crippen molar-refractivity contribution in [2.75, 3.05) is 26.7 Å². The summed E-state index contributed by atoms with van der Waals surface area (Å²) in [6.45, 7) is 6.10. The summed E-state index contributed by atoms with van der Waals surface area (Å²) in [5, 5.41) is 11.9. The average molecular weight is 563 g/mol. The third-order valence-corrected chi connectivity index (χ3v) is 8.06. The first-order valence-corrected chi connectivity index (χ1v) is 14.4. The van der Waals surface area contributed by atoms with Crippen molar-refractivity contribution in [1.29, 1.82) is 0 Å². The summed E-state index contributed by atoms with van der Waals surface area (Å²) < 4.78 is 0. The summed E-state index contributed by atoms with van der Waals surface area (Å²) in [5.74, 6) is -0.966. The van der Waals surface area contributed by atoms with E-state index in [0.717, 1.165) is 11.1 Å². The second kappa shape index (κ2) is 13.2. The lowest BCUT2D eigenvalue weighted by Crippen LogP contribution is -2.67. The van der Waals surface area contributed by atoms with Gasteiger partial charge in [-0.1, -0.05) is 60.7 Å². The number of hydrogen-bond donors (Lipinski definition) is 4. The standard InChI is InChI=1S/C31H42N6O4/c1-21(2)33-30(41)36-19-17-31(16-11-18-37(31)28(39)25(20-36)34-27(38)22(3)32-4)29(40)35-26(23-12-7-5-8-13-23)24-14-9-6-10-15-24/h5-10,12-15,21-22,25-26,32H,11,16-20H2,1-4H3,(H,33,41)(H,34,38)(H,35,40)/t22-,25?,31+/m1/s1. The Bertz CT molecular complexity index is 1180. The maximum Gasteiger partial charge on any atom is 0.317 e. The first-order chi connectivity index (χ1) is 19.7. The second-order valence-electron chi connectivity index (χ2n) is 11.2. The number of urea groups is 1. The largest absolute Gasteiger partial charge is 0.343 e. The van der Waals surface area contributed by atoms with Crippen molar-refractivity contribution < 1.29 is 19.2 Å². The molecule has 0 aliphatic carbocycles. The predicted octanol–water partition coefficient (Wildman–Crippen LogP) is 2.17. The highest BCUT2D eigenvalue weighted by Crippen LogP contribution is 2.36. The lowest BCUT2D eigenvalue weighted by atomic mass is 9.87. The Balaban J connectivity index is 1.69. The molecule has 5 amide bonds. The lowest BCUT2D eigenvalue weighted by molar-refractivity contribution is -0.150. The molecule has 3 atom stereocenters. The van der Waals surface area contributed by atoms with E-state index < -0.39 is 23.7 Å². The van der Waals surface area contributed by atoms with Crippen LogP contribution in [0.5, 0.6) is 0 Å². The number of fused-ring (bicyclic) bond motifs is 1. The minimum absolute atomic E-state index is 0.0183. The van der Waals surface area contributed by atoms with E-state index in [1.807, 2.05) is 74.5 Å². The number of carbonyl (C=O) groups excluding carboxylic acids is 4. The molecule has 0 aromatic heterocycles. The molecule has 4 rings (SSSR count). The highest BCUT2D eigenvalue weighted by atomic mass is 16.2. The molecule has 10 heteroatoms. The third kappa shape index (κ3) is 6.70. The Kier molecular flexibility index (Phi) is 9.65. The molecule has 2 saturated heterocycles. The number of nitrogens with zero attached hydrogens (tertiary/aromatic N) is 2. The molecular formula is C31H42N6O4. The molecule has 2 aromatic rings. The molecule has 0 radical (unpaired) electrons. The van der Waals surface area contributed by atoms with E-state index in [2.05, 4.69) is 21.3 Å². The minimum atomic E-state index is -1.16. The first-order valence-electron chi connectivity index (χ1n) is 14.4. The maximum atomic E-state index is 14.4. The molecule has 2 aliphatic heterocycles. The Labute approximate surface area is 242 Å². The predicted molar refractivity (Wildman–Crippen MR) is 157 cm³/mol. The molecule has 2 heterocycles. The molecule has 41 heavy (non-hydrogen) atoms. The van der Waals surface area contributed by atoms with E-state index in [9.17, 15) is 19.2 Å². The van der Waals surface area contributed by atoms with Crippen LogP contribution in [-0.4, -0.2) is 83.9 Å². The summed E-state index contributed by atoms with van der Waals surface area (Å²) in [7, 11) is 1.66. The summed E-state index contributed by atoms with van der Waals surface area (Å²) in [6.07, 6.45) is 1.40. The second-order valence-corrected chi connectivity index (χ2v) is 11.2. The van der Waals surface area contributed by atoms with Gasteiger partial charge in [-0.05, 0) is 58.2 Å². The Hall–Kier alpha value is -3.92. The molecule has 0 saturated carbocycles. The fourth-order valence-corrected chi connectivity index (χ4v) is 5.68. The van der Waals surface area contributed by atoms with Crippen LogP contribution in [0.15, 0.2) is 60.7 Å². The fraction of sp³-hybridized carbons (Fsp3) is 0.484. The van der Waals surface area contributed by atoms with Crippen LogP contribution in [0.3, 0.4) is 0 Å². The van der Waals surface area contributed by atoms with Gasteiger partial charge >= 0.3 is 6.03 Å². The van der Waals surface area contributed by atoms with Crippen LogP contribution in [0.4, 0.5) is 4.79 Å². The van der Waals surface area contributed by atoms with Crippen LogP contribution in [-0.2, 0) is 14.4 Å². The number of carbonyl (C=O) groups is 4. The van der Waals surface area contributed by atoms with Crippen LogP contribution < -0.4 is 21.3 Å². The Morgan fingerprint density at radius 3 is 2.05 bits per heavy atom. The van der Waals surface area contributed by atoms with Gasteiger partial charge in [0.05, 0.1) is 18.6 Å². The van der Waals surface area contributed by atoms with Crippen molar-refractivity contribution in [2.24, 2.45) is 0 Å². The first kappa shape index (κ1) is 30.0. The van der Waals surface area contributed by atoms with E-state index in [1.54, 1.807) is 23.8 Å². The van der Waals surface area contributed by atoms with Gasteiger partial charge in [-0.15, -0.1) is 0 Å². The topological polar surface area (TPSA) is 123 Å². The van der Waals surface area contributed by atoms with Gasteiger partial charge in [0, 0.05) is 19.1 Å². The summed E-state index contributed by atoms with van der Waals surface area (Å²) in [5.41, 5.74) is 0.691. The van der Waals surface area contributed by atoms with Crippen molar-refractivity contribution in [1.82, 2.24) is 31.1 Å². The molecular weight excluding hydrogens is 520 g/mol. The van der Waals surface area contributed by atoms with E-state index in [4.69, 9.17) is 0 Å². The maximum absolute atomic E-state index is 14.4. The number of benzene rings is 2. The van der Waals surface area contributed by atoms with E-state index >= 15 is 0 Å². The number of amides is 5. The number of nitrogens with one attached hydrogen (secondary N) is 4. The number of rotatable bonds is 8. The smallest absolute Gasteiger partial charge is 0.317 e. The highest BCUT2D eigenvalue weighted by Gasteiger charge is 2.53. The quantitative estimate of drug-likeness (QED) is 0.393. The van der Waals surface area contributed by atoms with Gasteiger partial charge in [0.15, 0.2) is 0 Å². The van der Waals surface area contributed by atoms with Gasteiger partial charge in [0.2, 0.25) is 17.7 Å². The van der Waals surface area contributed by atoms with E-state index in [0.29, 0.717) is 25.8 Å². The third-order valence-electron chi connectivity index (χ3n) is 8.06. The Morgan fingerprint density at radius 2 is 1.49 bits per heavy atom. The van der Waals surface area contributed by atoms with Gasteiger partial charge in [-0.25, -0.2) is 4.79 Å². The summed E-state index contributed by atoms with van der Waals surface area (Å²) in [4.78, 5) is 57.7. The molecule has 2 aliphatic rings. The molecule has 2 fully saturated rings. The highest BCUT2D eigenvalue weighted by molar-refractivity contribution is 5.96. The zero-order valence-corrected chi connectivity index (χ0v) is 24.4. The van der Waals surface area contributed by atoms with Crippen LogP contribution in [0.2, 0.25) is 0 Å². The minimum Gasteiger partial charge on any atom is -0.343 e. The van der Waals surface area contributed by atoms with Gasteiger partial charge < -0.3 is 31.1 Å². The van der Waals surface area contributed by atoms with Crippen molar-refractivity contribution in [3.05, 3.63) is 71.8 Å².